The molecule has 1 aromatic heterocycles. The maximum Gasteiger partial charge on any atom is 0.205 e. The molecule has 2 N–H and O–H groups in total. The van der Waals surface area contributed by atoms with Crippen LogP contribution >= 0.6 is 27.5 Å². The zero-order chi connectivity index (χ0) is 22.9. The molecule has 0 aliphatic carbocycles. The van der Waals surface area contributed by atoms with Gasteiger partial charge in [0.1, 0.15) is 24.7 Å². The maximum absolute atomic E-state index is 9.06. The fourth-order valence-corrected chi connectivity index (χ4v) is 3.65. The van der Waals surface area contributed by atoms with E-state index in [-0.39, 0.29) is 13.2 Å². The monoisotopic (exact) mass is 515 g/mol. The van der Waals surface area contributed by atoms with Crippen LogP contribution in [0.2, 0.25) is 5.02 Å². The number of aliphatic hydroxyl groups excluding tert-OH is 1. The molecule has 0 bridgehead atoms. The number of benzene rings is 2. The first-order chi connectivity index (χ1) is 15.5. The lowest BCUT2D eigenvalue weighted by molar-refractivity contribution is 0.282. The number of nitrogens with one attached hydrogen (secondary N) is 1. The molecule has 32 heavy (non-hydrogen) atoms. The van der Waals surface area contributed by atoms with E-state index in [2.05, 4.69) is 31.1 Å². The molecule has 0 amide bonds. The second-order valence-corrected chi connectivity index (χ2v) is 8.32. The van der Waals surface area contributed by atoms with Crippen molar-refractivity contribution in [1.29, 1.82) is 0 Å². The molecule has 2 aromatic carbocycles. The molecule has 0 fully saturated rings. The highest BCUT2D eigenvalue weighted by molar-refractivity contribution is 9.10. The Bertz CT molecular complexity index is 1120. The Morgan fingerprint density at radius 3 is 2.72 bits per heavy atom. The smallest absolute Gasteiger partial charge is 0.205 e. The summed E-state index contributed by atoms with van der Waals surface area (Å²) in [6.45, 7) is 10.7. The minimum absolute atomic E-state index is 0.0339. The zero-order valence-corrected chi connectivity index (χ0v) is 19.9. The molecular weight excluding hydrogens is 494 g/mol. The van der Waals surface area contributed by atoms with Gasteiger partial charge >= 0.3 is 0 Å². The molecule has 0 aliphatic heterocycles. The van der Waals surface area contributed by atoms with Crippen molar-refractivity contribution in [2.45, 2.75) is 26.7 Å². The SMILES string of the molecule is [C-]#[N+]c1cncc(COc2cc(OCc3cccc(Br)c3C)c(Cl)cc2CNCCO)c1. The van der Waals surface area contributed by atoms with Gasteiger partial charge in [0.15, 0.2) is 0 Å². The highest BCUT2D eigenvalue weighted by atomic mass is 79.9. The van der Waals surface area contributed by atoms with Crippen LogP contribution in [0.1, 0.15) is 22.3 Å². The predicted molar refractivity (Wildman–Crippen MR) is 128 cm³/mol. The Hall–Kier alpha value is -2.63. The number of nitrogens with zero attached hydrogens (tertiary/aromatic N) is 2. The lowest BCUT2D eigenvalue weighted by atomic mass is 10.1. The number of ether oxygens (including phenoxy) is 2. The van der Waals surface area contributed by atoms with Gasteiger partial charge in [0.05, 0.1) is 18.2 Å². The first kappa shape index (κ1) is 24.0. The van der Waals surface area contributed by atoms with Crippen molar-refractivity contribution < 1.29 is 14.6 Å². The van der Waals surface area contributed by atoms with Crippen molar-refractivity contribution in [2.75, 3.05) is 13.2 Å². The van der Waals surface area contributed by atoms with Crippen molar-refractivity contribution in [1.82, 2.24) is 10.3 Å². The third-order valence-electron chi connectivity index (χ3n) is 4.79. The molecule has 166 valence electrons. The van der Waals surface area contributed by atoms with Crippen molar-refractivity contribution in [2.24, 2.45) is 0 Å². The van der Waals surface area contributed by atoms with E-state index in [9.17, 15) is 0 Å². The number of hydrogen-bond acceptors (Lipinski definition) is 5. The third kappa shape index (κ3) is 6.44. The average molecular weight is 517 g/mol. The molecule has 0 radical (unpaired) electrons. The van der Waals surface area contributed by atoms with E-state index in [0.29, 0.717) is 41.9 Å². The molecule has 3 aromatic rings. The van der Waals surface area contributed by atoms with E-state index in [0.717, 1.165) is 26.7 Å². The van der Waals surface area contributed by atoms with Crippen LogP contribution < -0.4 is 14.8 Å². The van der Waals surface area contributed by atoms with Crippen LogP contribution in [0, 0.1) is 13.5 Å². The van der Waals surface area contributed by atoms with Crippen molar-refractivity contribution in [3.63, 3.8) is 0 Å². The van der Waals surface area contributed by atoms with Gasteiger partial charge in [0.2, 0.25) is 5.69 Å². The lowest BCUT2D eigenvalue weighted by Crippen LogP contribution is -2.18. The first-order valence-corrected chi connectivity index (χ1v) is 11.1. The van der Waals surface area contributed by atoms with Gasteiger partial charge in [-0.3, -0.25) is 4.98 Å². The zero-order valence-electron chi connectivity index (χ0n) is 17.6. The topological polar surface area (TPSA) is 68.0 Å². The Balaban J connectivity index is 1.81. The standard InChI is InChI=1S/C24H23BrClN3O3/c1-16-18(4-3-5-21(16)25)15-32-24-10-23(19(9-22(24)26)12-28-6-7-30)31-14-17-8-20(27-2)13-29-11-17/h3-5,8-11,13,28,30H,6-7,12,14-15H2,1H3. The average Bonchev–Trinajstić information content (AvgIpc) is 2.80. The van der Waals surface area contributed by atoms with E-state index in [1.165, 1.54) is 6.20 Å². The lowest BCUT2D eigenvalue weighted by Gasteiger charge is -2.17. The molecule has 3 rings (SSSR count). The summed E-state index contributed by atoms with van der Waals surface area (Å²) in [6.07, 6.45) is 3.18. The number of aliphatic hydroxyl groups is 1. The predicted octanol–water partition coefficient (Wildman–Crippen LogP) is 5.60. The molecule has 0 saturated carbocycles. The number of hydrogen-bond donors (Lipinski definition) is 2. The van der Waals surface area contributed by atoms with Gasteiger partial charge in [0, 0.05) is 41.6 Å². The minimum atomic E-state index is 0.0339. The van der Waals surface area contributed by atoms with Crippen molar-refractivity contribution >= 4 is 33.2 Å². The first-order valence-electron chi connectivity index (χ1n) is 9.96. The Morgan fingerprint density at radius 1 is 1.12 bits per heavy atom. The molecule has 0 spiro atoms. The van der Waals surface area contributed by atoms with Gasteiger partial charge in [-0.1, -0.05) is 39.7 Å². The fraction of sp³-hybridized carbons (Fsp3) is 0.250. The molecule has 8 heteroatoms. The van der Waals surface area contributed by atoms with E-state index >= 15 is 0 Å². The van der Waals surface area contributed by atoms with E-state index in [4.69, 9.17) is 32.8 Å². The number of aromatic nitrogens is 1. The fourth-order valence-electron chi connectivity index (χ4n) is 3.00. The summed E-state index contributed by atoms with van der Waals surface area (Å²) in [5.41, 5.74) is 4.24. The molecule has 0 atom stereocenters. The van der Waals surface area contributed by atoms with Gasteiger partial charge in [-0.15, -0.1) is 0 Å². The molecule has 1 heterocycles. The molecule has 0 unspecified atom stereocenters. The van der Waals surface area contributed by atoms with Crippen LogP contribution in [0.5, 0.6) is 11.5 Å². The second kappa shape index (κ2) is 11.8. The van der Waals surface area contributed by atoms with Crippen LogP contribution in [-0.2, 0) is 19.8 Å². The highest BCUT2D eigenvalue weighted by Crippen LogP contribution is 2.34. The quantitative estimate of drug-likeness (QED) is 0.271. The van der Waals surface area contributed by atoms with Crippen LogP contribution in [0.25, 0.3) is 4.85 Å². The van der Waals surface area contributed by atoms with Gasteiger partial charge in [-0.05, 0) is 41.8 Å². The molecule has 0 saturated heterocycles. The summed E-state index contributed by atoms with van der Waals surface area (Å²) in [5, 5.41) is 12.7. The summed E-state index contributed by atoms with van der Waals surface area (Å²) < 4.78 is 13.1. The summed E-state index contributed by atoms with van der Waals surface area (Å²) >= 11 is 10.0. The Morgan fingerprint density at radius 2 is 1.94 bits per heavy atom. The summed E-state index contributed by atoms with van der Waals surface area (Å²) in [5.74, 6) is 1.12. The minimum Gasteiger partial charge on any atom is -0.488 e. The second-order valence-electron chi connectivity index (χ2n) is 7.06. The van der Waals surface area contributed by atoms with Crippen LogP contribution in [0.4, 0.5) is 5.69 Å². The maximum atomic E-state index is 9.06. The van der Waals surface area contributed by atoms with Crippen LogP contribution in [0.15, 0.2) is 53.3 Å². The molecule has 0 aliphatic rings. The highest BCUT2D eigenvalue weighted by Gasteiger charge is 2.13. The van der Waals surface area contributed by atoms with Gasteiger partial charge in [0.25, 0.3) is 0 Å². The van der Waals surface area contributed by atoms with E-state index in [1.54, 1.807) is 24.4 Å². The number of halogens is 2. The van der Waals surface area contributed by atoms with Crippen molar-refractivity contribution in [3.8, 4) is 11.5 Å². The van der Waals surface area contributed by atoms with E-state index < -0.39 is 0 Å². The van der Waals surface area contributed by atoms with Gasteiger partial charge < -0.3 is 19.9 Å². The van der Waals surface area contributed by atoms with Crippen LogP contribution in [-0.4, -0.2) is 23.2 Å². The third-order valence-corrected chi connectivity index (χ3v) is 5.94. The number of pyridine rings is 1. The Kier molecular flexibility index (Phi) is 8.89. The number of rotatable bonds is 10. The van der Waals surface area contributed by atoms with Crippen molar-refractivity contribution in [3.05, 3.63) is 92.0 Å². The molecule has 6 nitrogen and oxygen atoms in total. The van der Waals surface area contributed by atoms with E-state index in [1.807, 2.05) is 25.1 Å². The van der Waals surface area contributed by atoms with Gasteiger partial charge in [-0.2, -0.15) is 0 Å². The summed E-state index contributed by atoms with van der Waals surface area (Å²) in [6, 6.07) is 11.3. The summed E-state index contributed by atoms with van der Waals surface area (Å²) in [7, 11) is 0. The summed E-state index contributed by atoms with van der Waals surface area (Å²) in [4.78, 5) is 7.48. The van der Waals surface area contributed by atoms with Crippen LogP contribution in [0.3, 0.4) is 0 Å². The molecular formula is C24H23BrClN3O3. The Labute approximate surface area is 201 Å². The van der Waals surface area contributed by atoms with Gasteiger partial charge in [-0.25, -0.2) is 4.85 Å². The largest absolute Gasteiger partial charge is 0.488 e. The normalized spacial score (nSPS) is 10.6.